The van der Waals surface area contributed by atoms with Gasteiger partial charge in [0.25, 0.3) is 0 Å². The summed E-state index contributed by atoms with van der Waals surface area (Å²) < 4.78 is 0. The Bertz CT molecular complexity index is 1200. The number of hydrogen-bond acceptors (Lipinski definition) is 2. The molecule has 0 aliphatic heterocycles. The zero-order valence-corrected chi connectivity index (χ0v) is 37.4. The Morgan fingerprint density at radius 3 is 1.33 bits per heavy atom. The van der Waals surface area contributed by atoms with E-state index < -0.39 is 0 Å². The second kappa shape index (κ2) is 38.9. The van der Waals surface area contributed by atoms with Crippen LogP contribution in [0.15, 0.2) is 76.7 Å². The average molecular weight is 798 g/mol. The molecule has 0 aliphatic rings. The number of hydrogen-bond donors (Lipinski definition) is 0. The molecule has 0 amide bonds. The second-order valence-corrected chi connectivity index (χ2v) is 16.2. The normalized spacial score (nSPS) is 12.1. The van der Waals surface area contributed by atoms with Crippen LogP contribution in [0.1, 0.15) is 232 Å². The Morgan fingerprint density at radius 2 is 0.800 bits per heavy atom. The molecule has 0 saturated carbocycles. The van der Waals surface area contributed by atoms with Crippen LogP contribution < -0.4 is 0 Å². The molecule has 314 valence electrons. The first kappa shape index (κ1) is 51.0. The van der Waals surface area contributed by atoms with E-state index in [-0.39, 0.29) is 16.5 Å². The molecular formula is C52H86N2Ni. The quantitative estimate of drug-likeness (QED) is 0.0282. The molecule has 0 bridgehead atoms. The molecule has 0 spiro atoms. The molecule has 0 aliphatic carbocycles. The molecule has 0 heterocycles. The molecule has 3 heteroatoms. The molecule has 0 saturated heterocycles. The van der Waals surface area contributed by atoms with Gasteiger partial charge in [-0.3, -0.25) is 9.98 Å². The predicted molar refractivity (Wildman–Crippen MR) is 245 cm³/mol. The maximum atomic E-state index is 5.37. The van der Waals surface area contributed by atoms with Gasteiger partial charge in [-0.1, -0.05) is 230 Å². The first-order valence-corrected chi connectivity index (χ1v) is 23.7. The Kier molecular flexibility index (Phi) is 36.1. The average Bonchev–Trinajstić information content (AvgIpc) is 3.20. The molecule has 0 aromatic heterocycles. The molecule has 0 radical (unpaired) electrons. The summed E-state index contributed by atoms with van der Waals surface area (Å²) in [6, 6.07) is 19.3. The number of nitrogens with zero attached hydrogens (tertiary/aromatic N) is 2. The number of aryl methyl sites for hydroxylation is 1. The summed E-state index contributed by atoms with van der Waals surface area (Å²) in [5.41, 5.74) is 5.89. The molecular weight excluding hydrogens is 711 g/mol. The Labute approximate surface area is 352 Å². The van der Waals surface area contributed by atoms with Crippen molar-refractivity contribution in [3.05, 3.63) is 72.3 Å². The minimum absolute atomic E-state index is 0. The van der Waals surface area contributed by atoms with Crippen molar-refractivity contribution >= 4 is 22.8 Å². The minimum atomic E-state index is 0. The monoisotopic (exact) mass is 797 g/mol. The van der Waals surface area contributed by atoms with Crippen molar-refractivity contribution in [2.75, 3.05) is 0 Å². The summed E-state index contributed by atoms with van der Waals surface area (Å²) in [5.74, 6) is 0. The van der Waals surface area contributed by atoms with Crippen LogP contribution in [0.5, 0.6) is 0 Å². The Morgan fingerprint density at radius 1 is 0.400 bits per heavy atom. The largest absolute Gasteiger partial charge is 0.252 e. The van der Waals surface area contributed by atoms with Crippen LogP contribution >= 0.6 is 0 Å². The van der Waals surface area contributed by atoms with E-state index in [1.165, 1.54) is 197 Å². The summed E-state index contributed by atoms with van der Waals surface area (Å²) in [4.78, 5) is 10.5. The third-order valence-corrected chi connectivity index (χ3v) is 11.1. The van der Waals surface area contributed by atoms with Gasteiger partial charge in [-0.05, 0) is 75.1 Å². The van der Waals surface area contributed by atoms with Crippen molar-refractivity contribution in [1.29, 1.82) is 0 Å². The number of rotatable bonds is 37. The third kappa shape index (κ3) is 29.0. The van der Waals surface area contributed by atoms with E-state index in [1.807, 2.05) is 0 Å². The molecule has 0 fully saturated rings. The number of allylic oxidation sites excluding steroid dienone is 2. The van der Waals surface area contributed by atoms with Crippen LogP contribution in [-0.2, 0) is 22.9 Å². The zero-order valence-electron chi connectivity index (χ0n) is 36.4. The van der Waals surface area contributed by atoms with Crippen LogP contribution in [0, 0.1) is 0 Å². The fourth-order valence-electron chi connectivity index (χ4n) is 7.57. The van der Waals surface area contributed by atoms with E-state index in [1.54, 1.807) is 0 Å². The van der Waals surface area contributed by atoms with Gasteiger partial charge in [-0.2, -0.15) is 0 Å². The molecule has 0 unspecified atom stereocenters. The van der Waals surface area contributed by atoms with Gasteiger partial charge in [0.1, 0.15) is 0 Å². The van der Waals surface area contributed by atoms with Crippen molar-refractivity contribution < 1.29 is 16.5 Å². The SMILES string of the molecule is CCCCCCCCCCCCCCCCCCCCCCCCC=CCCc1ccccc1N=C(CCCC)C(CCCCCC)=Nc1ccccc1.[Ni]. The van der Waals surface area contributed by atoms with Crippen LogP contribution in [0.4, 0.5) is 11.4 Å². The number of unbranched alkanes of at least 4 members (excludes halogenated alkanes) is 26. The van der Waals surface area contributed by atoms with E-state index in [9.17, 15) is 0 Å². The number of aliphatic imine (C=N–C) groups is 2. The molecule has 2 rings (SSSR count). The van der Waals surface area contributed by atoms with E-state index >= 15 is 0 Å². The summed E-state index contributed by atoms with van der Waals surface area (Å²) in [6.45, 7) is 6.86. The van der Waals surface area contributed by atoms with E-state index in [0.717, 1.165) is 43.5 Å². The first-order chi connectivity index (χ1) is 26.8. The summed E-state index contributed by atoms with van der Waals surface area (Å²) in [6.07, 6.45) is 49.3. The maximum Gasteiger partial charge on any atom is 0.0665 e. The number of para-hydroxylation sites is 2. The molecule has 55 heavy (non-hydrogen) atoms. The van der Waals surface area contributed by atoms with Gasteiger partial charge in [0.05, 0.1) is 22.8 Å². The van der Waals surface area contributed by atoms with Gasteiger partial charge in [-0.15, -0.1) is 0 Å². The molecule has 0 N–H and O–H groups in total. The molecule has 2 nitrogen and oxygen atoms in total. The standard InChI is InChI=1S/C52H86N2.Ni/c1-4-7-10-12-13-14-15-16-17-18-19-20-21-22-23-24-25-26-27-28-29-30-31-32-33-35-41-48-42-39-40-46-50(48)54-52(45-9-6-3)51(47-38-11-8-5-2)53-49-43-36-34-37-44-49;/h32-34,36-37,39-40,42-44,46H,4-31,35,38,41,45,47H2,1-3H3;. The van der Waals surface area contributed by atoms with Crippen molar-refractivity contribution in [3.63, 3.8) is 0 Å². The van der Waals surface area contributed by atoms with Gasteiger partial charge < -0.3 is 0 Å². The van der Waals surface area contributed by atoms with E-state index in [2.05, 4.69) is 87.5 Å². The van der Waals surface area contributed by atoms with Crippen molar-refractivity contribution in [2.24, 2.45) is 9.98 Å². The van der Waals surface area contributed by atoms with E-state index in [4.69, 9.17) is 9.98 Å². The fraction of sp³-hybridized carbons (Fsp3) is 0.692. The fourth-order valence-corrected chi connectivity index (χ4v) is 7.57. The molecule has 0 atom stereocenters. The Balaban J connectivity index is 0.0000151. The molecule has 2 aromatic rings. The topological polar surface area (TPSA) is 24.7 Å². The zero-order chi connectivity index (χ0) is 38.4. The third-order valence-electron chi connectivity index (χ3n) is 11.1. The van der Waals surface area contributed by atoms with Crippen molar-refractivity contribution in [2.45, 2.75) is 233 Å². The van der Waals surface area contributed by atoms with Gasteiger partial charge in [0.2, 0.25) is 0 Å². The Hall–Kier alpha value is -1.99. The smallest absolute Gasteiger partial charge is 0.0665 e. The molecule has 2 aromatic carbocycles. The maximum absolute atomic E-state index is 5.37. The van der Waals surface area contributed by atoms with Crippen molar-refractivity contribution in [1.82, 2.24) is 0 Å². The van der Waals surface area contributed by atoms with Gasteiger partial charge in [0.15, 0.2) is 0 Å². The second-order valence-electron chi connectivity index (χ2n) is 16.2. The van der Waals surface area contributed by atoms with Crippen LogP contribution in [0.3, 0.4) is 0 Å². The van der Waals surface area contributed by atoms with Gasteiger partial charge in [-0.25, -0.2) is 0 Å². The van der Waals surface area contributed by atoms with Gasteiger partial charge >= 0.3 is 0 Å². The van der Waals surface area contributed by atoms with Crippen LogP contribution in [0.25, 0.3) is 0 Å². The summed E-state index contributed by atoms with van der Waals surface area (Å²) >= 11 is 0. The first-order valence-electron chi connectivity index (χ1n) is 23.7. The van der Waals surface area contributed by atoms with Crippen molar-refractivity contribution in [3.8, 4) is 0 Å². The number of benzene rings is 2. The van der Waals surface area contributed by atoms with Crippen LogP contribution in [0.2, 0.25) is 0 Å². The van der Waals surface area contributed by atoms with Crippen LogP contribution in [-0.4, -0.2) is 11.4 Å². The summed E-state index contributed by atoms with van der Waals surface area (Å²) in [5, 5.41) is 0. The summed E-state index contributed by atoms with van der Waals surface area (Å²) in [7, 11) is 0. The van der Waals surface area contributed by atoms with Gasteiger partial charge in [0, 0.05) is 16.5 Å². The van der Waals surface area contributed by atoms with E-state index in [0.29, 0.717) is 0 Å². The minimum Gasteiger partial charge on any atom is -0.252 e. The predicted octanol–water partition coefficient (Wildman–Crippen LogP) is 18.2.